The van der Waals surface area contributed by atoms with Crippen LogP contribution in [0, 0.1) is 0 Å². The van der Waals surface area contributed by atoms with Gasteiger partial charge in [-0.1, -0.05) is 26.2 Å². The largest absolute Gasteiger partial charge is 0.340 e. The average Bonchev–Trinajstić information content (AvgIpc) is 2.38. The zero-order chi connectivity index (χ0) is 15.4. The van der Waals surface area contributed by atoms with Gasteiger partial charge in [-0.25, -0.2) is 0 Å². The molecule has 0 radical (unpaired) electrons. The molecule has 1 saturated heterocycles. The molecule has 1 atom stereocenters. The van der Waals surface area contributed by atoms with E-state index in [9.17, 15) is 4.79 Å². The van der Waals surface area contributed by atoms with Crippen LogP contribution in [0.15, 0.2) is 0 Å². The molecular weight excluding hydrogens is 248 g/mol. The van der Waals surface area contributed by atoms with E-state index in [-0.39, 0.29) is 11.1 Å². The van der Waals surface area contributed by atoms with Crippen molar-refractivity contribution in [3.05, 3.63) is 0 Å². The van der Waals surface area contributed by atoms with Crippen molar-refractivity contribution in [3.63, 3.8) is 0 Å². The molecule has 3 heteroatoms. The van der Waals surface area contributed by atoms with Crippen LogP contribution >= 0.6 is 0 Å². The summed E-state index contributed by atoms with van der Waals surface area (Å²) in [4.78, 5) is 16.0. The predicted octanol–water partition coefficient (Wildman–Crippen LogP) is 3.68. The van der Waals surface area contributed by atoms with Crippen molar-refractivity contribution in [1.82, 2.24) is 9.80 Å². The molecule has 1 rings (SSSR count). The third-order valence-electron chi connectivity index (χ3n) is 5.42. The fourth-order valence-electron chi connectivity index (χ4n) is 3.59. The zero-order valence-corrected chi connectivity index (χ0v) is 14.4. The number of nitrogens with zero attached hydrogens (tertiary/aromatic N) is 2. The third kappa shape index (κ3) is 3.75. The summed E-state index contributed by atoms with van der Waals surface area (Å²) in [6.07, 6.45) is 8.21. The van der Waals surface area contributed by atoms with Gasteiger partial charge in [-0.2, -0.15) is 0 Å². The molecule has 1 amide bonds. The van der Waals surface area contributed by atoms with Crippen LogP contribution in [0.1, 0.15) is 73.1 Å². The maximum atomic E-state index is 11.5. The van der Waals surface area contributed by atoms with Crippen LogP contribution in [0.4, 0.5) is 0 Å². The summed E-state index contributed by atoms with van der Waals surface area (Å²) in [5.41, 5.74) is 0.254. The number of unbranched alkanes of at least 4 members (excludes halogenated alkanes) is 3. The molecule has 3 nitrogen and oxygen atoms in total. The van der Waals surface area contributed by atoms with Crippen molar-refractivity contribution in [3.8, 4) is 0 Å². The minimum absolute atomic E-state index is 0.0351. The lowest BCUT2D eigenvalue weighted by molar-refractivity contribution is -0.129. The SMILES string of the molecule is CCCCCCN(C=O)C1CCC(C)(C)N(C)C1(C)C. The molecule has 1 fully saturated rings. The van der Waals surface area contributed by atoms with Gasteiger partial charge in [-0.15, -0.1) is 0 Å². The number of rotatable bonds is 7. The van der Waals surface area contributed by atoms with Gasteiger partial charge in [-0.3, -0.25) is 9.69 Å². The van der Waals surface area contributed by atoms with Crippen LogP contribution in [0.3, 0.4) is 0 Å². The maximum Gasteiger partial charge on any atom is 0.210 e. The Morgan fingerprint density at radius 3 is 2.40 bits per heavy atom. The number of hydrogen-bond acceptors (Lipinski definition) is 2. The standard InChI is InChI=1S/C17H34N2O/c1-7-8-9-10-13-19(14-20)15-11-12-16(2,3)18(6)17(15,4)5/h14-15H,7-13H2,1-6H3. The number of piperidine rings is 1. The third-order valence-corrected chi connectivity index (χ3v) is 5.42. The van der Waals surface area contributed by atoms with E-state index in [1.54, 1.807) is 0 Å². The van der Waals surface area contributed by atoms with E-state index >= 15 is 0 Å². The van der Waals surface area contributed by atoms with Gasteiger partial charge in [0.25, 0.3) is 0 Å². The van der Waals surface area contributed by atoms with Gasteiger partial charge >= 0.3 is 0 Å². The Bertz CT molecular complexity index is 312. The van der Waals surface area contributed by atoms with E-state index in [0.29, 0.717) is 6.04 Å². The van der Waals surface area contributed by atoms with Crippen LogP contribution in [-0.2, 0) is 4.79 Å². The lowest BCUT2D eigenvalue weighted by Crippen LogP contribution is -2.66. The first-order valence-electron chi connectivity index (χ1n) is 8.22. The van der Waals surface area contributed by atoms with Gasteiger partial charge in [-0.05, 0) is 54.0 Å². The monoisotopic (exact) mass is 282 g/mol. The van der Waals surface area contributed by atoms with Crippen molar-refractivity contribution < 1.29 is 4.79 Å². The van der Waals surface area contributed by atoms with Crippen molar-refractivity contribution >= 4 is 6.41 Å². The molecule has 0 aromatic rings. The highest BCUT2D eigenvalue weighted by Gasteiger charge is 2.46. The van der Waals surface area contributed by atoms with Gasteiger partial charge in [0.15, 0.2) is 0 Å². The average molecular weight is 282 g/mol. The molecule has 0 spiro atoms. The first-order chi connectivity index (χ1) is 9.27. The quantitative estimate of drug-likeness (QED) is 0.525. The van der Waals surface area contributed by atoms with E-state index in [2.05, 4.69) is 51.5 Å². The molecule has 1 aliphatic heterocycles. The van der Waals surface area contributed by atoms with Gasteiger partial charge in [0.05, 0.1) is 0 Å². The van der Waals surface area contributed by atoms with Gasteiger partial charge in [0, 0.05) is 23.7 Å². The molecule has 1 unspecified atom stereocenters. The fraction of sp³-hybridized carbons (Fsp3) is 0.941. The van der Waals surface area contributed by atoms with Crippen LogP contribution < -0.4 is 0 Å². The Morgan fingerprint density at radius 1 is 1.20 bits per heavy atom. The normalized spacial score (nSPS) is 25.4. The van der Waals surface area contributed by atoms with E-state index < -0.39 is 0 Å². The highest BCUT2D eigenvalue weighted by atomic mass is 16.1. The highest BCUT2D eigenvalue weighted by Crippen LogP contribution is 2.39. The Labute approximate surface area is 125 Å². The molecule has 1 heterocycles. The van der Waals surface area contributed by atoms with Crippen molar-refractivity contribution in [2.24, 2.45) is 0 Å². The molecule has 0 aromatic heterocycles. The Morgan fingerprint density at radius 2 is 1.85 bits per heavy atom. The molecule has 0 saturated carbocycles. The lowest BCUT2D eigenvalue weighted by atomic mass is 9.76. The number of carbonyl (C=O) groups excluding carboxylic acids is 1. The summed E-state index contributed by atoms with van der Waals surface area (Å²) >= 11 is 0. The topological polar surface area (TPSA) is 23.6 Å². The van der Waals surface area contributed by atoms with Crippen molar-refractivity contribution in [2.45, 2.75) is 90.3 Å². The Hall–Kier alpha value is -0.570. The summed E-state index contributed by atoms with van der Waals surface area (Å²) in [6, 6.07) is 0.333. The summed E-state index contributed by atoms with van der Waals surface area (Å²) in [6.45, 7) is 12.3. The number of carbonyl (C=O) groups is 1. The molecule has 0 bridgehead atoms. The van der Waals surface area contributed by atoms with Crippen LogP contribution in [-0.4, -0.2) is 46.9 Å². The van der Waals surface area contributed by atoms with E-state index in [1.807, 2.05) is 0 Å². The summed E-state index contributed by atoms with van der Waals surface area (Å²) < 4.78 is 0. The van der Waals surface area contributed by atoms with Crippen molar-refractivity contribution in [1.29, 1.82) is 0 Å². The Kier molecular flexibility index (Phi) is 6.06. The summed E-state index contributed by atoms with van der Waals surface area (Å²) in [5.74, 6) is 0. The maximum absolute atomic E-state index is 11.5. The number of amides is 1. The second-order valence-corrected chi connectivity index (χ2v) is 7.48. The first kappa shape index (κ1) is 17.5. The fourth-order valence-corrected chi connectivity index (χ4v) is 3.59. The number of hydrogen-bond donors (Lipinski definition) is 0. The molecule has 0 aliphatic carbocycles. The molecule has 20 heavy (non-hydrogen) atoms. The lowest BCUT2D eigenvalue weighted by Gasteiger charge is -2.57. The second-order valence-electron chi connectivity index (χ2n) is 7.48. The second kappa shape index (κ2) is 6.93. The minimum Gasteiger partial charge on any atom is -0.340 e. The summed E-state index contributed by atoms with van der Waals surface area (Å²) in [7, 11) is 2.20. The van der Waals surface area contributed by atoms with E-state index in [1.165, 1.54) is 19.3 Å². The number of likely N-dealkylation sites (tertiary alicyclic amines) is 1. The first-order valence-corrected chi connectivity index (χ1v) is 8.22. The van der Waals surface area contributed by atoms with Crippen molar-refractivity contribution in [2.75, 3.05) is 13.6 Å². The van der Waals surface area contributed by atoms with Crippen LogP contribution in [0.2, 0.25) is 0 Å². The van der Waals surface area contributed by atoms with Crippen LogP contribution in [0.5, 0.6) is 0 Å². The van der Waals surface area contributed by atoms with E-state index in [4.69, 9.17) is 0 Å². The molecule has 0 aromatic carbocycles. The highest BCUT2D eigenvalue weighted by molar-refractivity contribution is 5.48. The van der Waals surface area contributed by atoms with E-state index in [0.717, 1.165) is 32.2 Å². The Balaban J connectivity index is 2.70. The molecule has 118 valence electrons. The summed E-state index contributed by atoms with van der Waals surface area (Å²) in [5, 5.41) is 0. The molecular formula is C17H34N2O. The van der Waals surface area contributed by atoms with Gasteiger partial charge in [0.1, 0.15) is 0 Å². The predicted molar refractivity (Wildman–Crippen MR) is 85.9 cm³/mol. The molecule has 0 N–H and O–H groups in total. The van der Waals surface area contributed by atoms with Gasteiger partial charge < -0.3 is 4.90 Å². The van der Waals surface area contributed by atoms with Gasteiger partial charge in [0.2, 0.25) is 6.41 Å². The minimum atomic E-state index is 0.0351. The smallest absolute Gasteiger partial charge is 0.210 e. The number of likely N-dealkylation sites (N-methyl/N-ethyl adjacent to an activating group) is 1. The van der Waals surface area contributed by atoms with Crippen LogP contribution in [0.25, 0.3) is 0 Å². The zero-order valence-electron chi connectivity index (χ0n) is 14.4. The molecule has 1 aliphatic rings.